The highest BCUT2D eigenvalue weighted by Crippen LogP contribution is 2.30. The molecule has 0 aliphatic carbocycles. The summed E-state index contributed by atoms with van der Waals surface area (Å²) in [7, 11) is 0. The number of halogens is 1. The Hall–Kier alpha value is -1.47. The number of rotatable bonds is 8. The minimum absolute atomic E-state index is 0.671. The summed E-state index contributed by atoms with van der Waals surface area (Å²) in [6.07, 6.45) is 3.13. The van der Waals surface area contributed by atoms with E-state index >= 15 is 0 Å². The second kappa shape index (κ2) is 8.09. The highest BCUT2D eigenvalue weighted by molar-refractivity contribution is 9.10. The van der Waals surface area contributed by atoms with E-state index in [9.17, 15) is 0 Å². The number of hydrogen-bond donors (Lipinski definition) is 1. The van der Waals surface area contributed by atoms with Gasteiger partial charge in [-0.25, -0.2) is 4.68 Å². The van der Waals surface area contributed by atoms with Crippen LogP contribution in [-0.2, 0) is 11.3 Å². The first-order valence-electron chi connectivity index (χ1n) is 7.12. The van der Waals surface area contributed by atoms with Crippen LogP contribution in [0.2, 0.25) is 0 Å². The van der Waals surface area contributed by atoms with Gasteiger partial charge in [-0.3, -0.25) is 0 Å². The lowest BCUT2D eigenvalue weighted by Crippen LogP contribution is -2.07. The standard InChI is InChI=1S/C14H20BrN5O/c1-2-3-9-21-10-5-8-20-14(17-18-19-20)11-6-4-7-12(16)13(11)15/h4,6-7H,2-3,5,8-10,16H2,1H3. The summed E-state index contributed by atoms with van der Waals surface area (Å²) in [5.74, 6) is 0.711. The summed E-state index contributed by atoms with van der Waals surface area (Å²) in [4.78, 5) is 0. The van der Waals surface area contributed by atoms with Crippen molar-refractivity contribution in [3.8, 4) is 11.4 Å². The first-order valence-corrected chi connectivity index (χ1v) is 7.91. The lowest BCUT2D eigenvalue weighted by atomic mass is 10.2. The fourth-order valence-electron chi connectivity index (χ4n) is 1.94. The molecule has 21 heavy (non-hydrogen) atoms. The lowest BCUT2D eigenvalue weighted by molar-refractivity contribution is 0.125. The Kier molecular flexibility index (Phi) is 6.13. The summed E-state index contributed by atoms with van der Waals surface area (Å²) in [6, 6.07) is 5.67. The third kappa shape index (κ3) is 4.25. The molecule has 7 heteroatoms. The van der Waals surface area contributed by atoms with E-state index in [1.165, 1.54) is 0 Å². The number of hydrogen-bond acceptors (Lipinski definition) is 5. The molecule has 2 N–H and O–H groups in total. The topological polar surface area (TPSA) is 78.8 Å². The number of aryl methyl sites for hydroxylation is 1. The van der Waals surface area contributed by atoms with Crippen LogP contribution in [0.25, 0.3) is 11.4 Å². The van der Waals surface area contributed by atoms with E-state index in [1.54, 1.807) is 4.68 Å². The minimum Gasteiger partial charge on any atom is -0.398 e. The molecule has 0 radical (unpaired) electrons. The van der Waals surface area contributed by atoms with Gasteiger partial charge >= 0.3 is 0 Å². The summed E-state index contributed by atoms with van der Waals surface area (Å²) < 4.78 is 8.15. The number of unbranched alkanes of at least 4 members (excludes halogenated alkanes) is 1. The molecule has 0 saturated heterocycles. The van der Waals surface area contributed by atoms with E-state index in [0.717, 1.165) is 49.1 Å². The van der Waals surface area contributed by atoms with Crippen LogP contribution in [0.5, 0.6) is 0 Å². The number of nitrogen functional groups attached to an aromatic ring is 1. The van der Waals surface area contributed by atoms with Gasteiger partial charge in [-0.15, -0.1) is 5.10 Å². The van der Waals surface area contributed by atoms with Crippen LogP contribution >= 0.6 is 15.9 Å². The van der Waals surface area contributed by atoms with Crippen molar-refractivity contribution in [2.45, 2.75) is 32.7 Å². The van der Waals surface area contributed by atoms with Gasteiger partial charge in [0.1, 0.15) is 0 Å². The van der Waals surface area contributed by atoms with Crippen LogP contribution in [-0.4, -0.2) is 33.4 Å². The van der Waals surface area contributed by atoms with E-state index in [-0.39, 0.29) is 0 Å². The van der Waals surface area contributed by atoms with E-state index in [4.69, 9.17) is 10.5 Å². The molecule has 0 spiro atoms. The zero-order valence-corrected chi connectivity index (χ0v) is 13.7. The molecule has 0 saturated carbocycles. The maximum Gasteiger partial charge on any atom is 0.183 e. The average Bonchev–Trinajstić information content (AvgIpc) is 2.94. The van der Waals surface area contributed by atoms with Crippen molar-refractivity contribution in [1.82, 2.24) is 20.2 Å². The molecule has 0 atom stereocenters. The van der Waals surface area contributed by atoms with Crippen LogP contribution in [0, 0.1) is 0 Å². The molecule has 114 valence electrons. The van der Waals surface area contributed by atoms with E-state index < -0.39 is 0 Å². The van der Waals surface area contributed by atoms with Crippen LogP contribution in [0.3, 0.4) is 0 Å². The van der Waals surface area contributed by atoms with E-state index in [1.807, 2.05) is 18.2 Å². The average molecular weight is 354 g/mol. The van der Waals surface area contributed by atoms with Gasteiger partial charge < -0.3 is 10.5 Å². The molecule has 1 aromatic carbocycles. The van der Waals surface area contributed by atoms with Crippen molar-refractivity contribution in [2.75, 3.05) is 18.9 Å². The monoisotopic (exact) mass is 353 g/mol. The molecule has 0 aliphatic rings. The number of nitrogens with zero attached hydrogens (tertiary/aromatic N) is 4. The lowest BCUT2D eigenvalue weighted by Gasteiger charge is -2.08. The van der Waals surface area contributed by atoms with Gasteiger partial charge in [-0.1, -0.05) is 19.4 Å². The Morgan fingerprint density at radius 3 is 2.90 bits per heavy atom. The van der Waals surface area contributed by atoms with Crippen molar-refractivity contribution in [3.63, 3.8) is 0 Å². The fourth-order valence-corrected chi connectivity index (χ4v) is 2.38. The molecule has 0 bridgehead atoms. The molecule has 2 rings (SSSR count). The molecule has 1 heterocycles. The molecule has 0 unspecified atom stereocenters. The number of anilines is 1. The molecule has 2 aromatic rings. The maximum absolute atomic E-state index is 5.90. The number of nitrogens with two attached hydrogens (primary N) is 1. The third-order valence-electron chi connectivity index (χ3n) is 3.10. The summed E-state index contributed by atoms with van der Waals surface area (Å²) >= 11 is 3.49. The molecule has 0 amide bonds. The van der Waals surface area contributed by atoms with Gasteiger partial charge in [0, 0.05) is 31.0 Å². The minimum atomic E-state index is 0.671. The van der Waals surface area contributed by atoms with Gasteiger partial charge in [-0.05, 0) is 51.3 Å². The smallest absolute Gasteiger partial charge is 0.183 e. The van der Waals surface area contributed by atoms with Crippen LogP contribution in [0.1, 0.15) is 26.2 Å². The van der Waals surface area contributed by atoms with Crippen LogP contribution < -0.4 is 5.73 Å². The molecule has 0 aliphatic heterocycles. The highest BCUT2D eigenvalue weighted by Gasteiger charge is 2.13. The van der Waals surface area contributed by atoms with Gasteiger partial charge in [0.05, 0.1) is 4.47 Å². The molecular formula is C14H20BrN5O. The predicted molar refractivity (Wildman–Crippen MR) is 85.7 cm³/mol. The molecule has 6 nitrogen and oxygen atoms in total. The zero-order valence-electron chi connectivity index (χ0n) is 12.1. The number of aromatic nitrogens is 4. The number of tetrazole rings is 1. The Morgan fingerprint density at radius 1 is 1.29 bits per heavy atom. The zero-order chi connectivity index (χ0) is 15.1. The second-order valence-electron chi connectivity index (χ2n) is 4.75. The Balaban J connectivity index is 1.97. The summed E-state index contributed by atoms with van der Waals surface area (Å²) in [5.41, 5.74) is 7.47. The Morgan fingerprint density at radius 2 is 2.10 bits per heavy atom. The van der Waals surface area contributed by atoms with Crippen LogP contribution in [0.4, 0.5) is 5.69 Å². The van der Waals surface area contributed by atoms with Crippen molar-refractivity contribution in [1.29, 1.82) is 0 Å². The number of benzene rings is 1. The third-order valence-corrected chi connectivity index (χ3v) is 3.99. The van der Waals surface area contributed by atoms with Gasteiger partial charge in [-0.2, -0.15) is 0 Å². The predicted octanol–water partition coefficient (Wildman–Crippen LogP) is 2.89. The largest absolute Gasteiger partial charge is 0.398 e. The van der Waals surface area contributed by atoms with Crippen molar-refractivity contribution >= 4 is 21.6 Å². The maximum atomic E-state index is 5.90. The Bertz CT molecular complexity index is 572. The highest BCUT2D eigenvalue weighted by atomic mass is 79.9. The molecular weight excluding hydrogens is 334 g/mol. The van der Waals surface area contributed by atoms with Crippen molar-refractivity contribution < 1.29 is 4.74 Å². The van der Waals surface area contributed by atoms with Gasteiger partial charge in [0.25, 0.3) is 0 Å². The Labute approximate surface area is 132 Å². The van der Waals surface area contributed by atoms with Crippen molar-refractivity contribution in [3.05, 3.63) is 22.7 Å². The van der Waals surface area contributed by atoms with Crippen LogP contribution in [0.15, 0.2) is 22.7 Å². The molecule has 1 aromatic heterocycles. The first kappa shape index (κ1) is 15.9. The van der Waals surface area contributed by atoms with Crippen molar-refractivity contribution in [2.24, 2.45) is 0 Å². The van der Waals surface area contributed by atoms with E-state index in [0.29, 0.717) is 11.5 Å². The van der Waals surface area contributed by atoms with Gasteiger partial charge in [0.15, 0.2) is 5.82 Å². The quantitative estimate of drug-likeness (QED) is 0.583. The number of ether oxygens (including phenoxy) is 1. The summed E-state index contributed by atoms with van der Waals surface area (Å²) in [6.45, 7) is 4.41. The van der Waals surface area contributed by atoms with Gasteiger partial charge in [0.2, 0.25) is 0 Å². The second-order valence-corrected chi connectivity index (χ2v) is 5.55. The molecule has 0 fully saturated rings. The first-order chi connectivity index (χ1) is 10.2. The van der Waals surface area contributed by atoms with E-state index in [2.05, 4.69) is 38.4 Å². The summed E-state index contributed by atoms with van der Waals surface area (Å²) in [5, 5.41) is 11.9. The normalized spacial score (nSPS) is 11.0. The SMILES string of the molecule is CCCCOCCCn1nnnc1-c1cccc(N)c1Br. The fraction of sp³-hybridized carbons (Fsp3) is 0.500.